The minimum absolute atomic E-state index is 0.126. The molecule has 29 heavy (non-hydrogen) atoms. The molecule has 0 spiro atoms. The lowest BCUT2D eigenvalue weighted by Gasteiger charge is -2.29. The standard InChI is InChI=1S/C20H23N5O4/c1-11-4-3-5-12(2)17(11)23-18-13-10-25(9-8-15(13)29-24-18)19(27)14-6-7-16(26)22-20(28)21-14/h3-5,14H,6-10H2,1-2H3,(H,23,24)(H2,21,22,26,28). The van der Waals surface area contributed by atoms with Crippen molar-refractivity contribution in [3.8, 4) is 0 Å². The quantitative estimate of drug-likeness (QED) is 0.728. The van der Waals surface area contributed by atoms with E-state index in [4.69, 9.17) is 4.52 Å². The van der Waals surface area contributed by atoms with E-state index in [-0.39, 0.29) is 24.7 Å². The average Bonchev–Trinajstić information content (AvgIpc) is 3.00. The summed E-state index contributed by atoms with van der Waals surface area (Å²) in [7, 11) is 0. The van der Waals surface area contributed by atoms with Gasteiger partial charge in [-0.05, 0) is 31.4 Å². The minimum atomic E-state index is -0.724. The Labute approximate surface area is 167 Å². The minimum Gasteiger partial charge on any atom is -0.359 e. The van der Waals surface area contributed by atoms with E-state index in [0.29, 0.717) is 25.3 Å². The normalized spacial score (nSPS) is 19.1. The Morgan fingerprint density at radius 2 is 2.00 bits per heavy atom. The zero-order valence-electron chi connectivity index (χ0n) is 16.4. The van der Waals surface area contributed by atoms with Crippen LogP contribution in [-0.2, 0) is 22.6 Å². The molecule has 1 saturated heterocycles. The molecule has 3 N–H and O–H groups in total. The highest BCUT2D eigenvalue weighted by Gasteiger charge is 2.33. The average molecular weight is 397 g/mol. The number of amides is 4. The van der Waals surface area contributed by atoms with Crippen molar-refractivity contribution in [3.05, 3.63) is 40.6 Å². The molecule has 1 aromatic carbocycles. The highest BCUT2D eigenvalue weighted by Crippen LogP contribution is 2.31. The first-order valence-electron chi connectivity index (χ1n) is 9.62. The molecule has 4 amide bonds. The van der Waals surface area contributed by atoms with Gasteiger partial charge in [-0.15, -0.1) is 0 Å². The number of urea groups is 1. The largest absolute Gasteiger partial charge is 0.359 e. The van der Waals surface area contributed by atoms with Gasteiger partial charge in [0.2, 0.25) is 11.8 Å². The van der Waals surface area contributed by atoms with Crippen molar-refractivity contribution in [2.75, 3.05) is 11.9 Å². The van der Waals surface area contributed by atoms with E-state index in [9.17, 15) is 14.4 Å². The summed E-state index contributed by atoms with van der Waals surface area (Å²) < 4.78 is 5.49. The van der Waals surface area contributed by atoms with Gasteiger partial charge in [0.05, 0.1) is 12.1 Å². The highest BCUT2D eigenvalue weighted by molar-refractivity contribution is 5.98. The first-order chi connectivity index (χ1) is 13.9. The third-order valence-electron chi connectivity index (χ3n) is 5.38. The number of benzene rings is 1. The second-order valence-electron chi connectivity index (χ2n) is 7.45. The second-order valence-corrected chi connectivity index (χ2v) is 7.45. The molecule has 9 nitrogen and oxygen atoms in total. The van der Waals surface area contributed by atoms with Gasteiger partial charge in [-0.3, -0.25) is 14.9 Å². The number of fused-ring (bicyclic) bond motifs is 1. The molecule has 1 atom stereocenters. The van der Waals surface area contributed by atoms with Gasteiger partial charge < -0.3 is 20.1 Å². The summed E-state index contributed by atoms with van der Waals surface area (Å²) in [6.07, 6.45) is 0.943. The molecule has 152 valence electrons. The van der Waals surface area contributed by atoms with Crippen LogP contribution in [0.5, 0.6) is 0 Å². The molecule has 1 unspecified atom stereocenters. The van der Waals surface area contributed by atoms with Crippen LogP contribution in [0.3, 0.4) is 0 Å². The topological polar surface area (TPSA) is 117 Å². The summed E-state index contributed by atoms with van der Waals surface area (Å²) in [5, 5.41) is 12.3. The fourth-order valence-corrected chi connectivity index (χ4v) is 3.76. The van der Waals surface area contributed by atoms with Crippen LogP contribution in [-0.4, -0.2) is 40.5 Å². The predicted molar refractivity (Wildman–Crippen MR) is 105 cm³/mol. The van der Waals surface area contributed by atoms with Crippen LogP contribution in [0.2, 0.25) is 0 Å². The summed E-state index contributed by atoms with van der Waals surface area (Å²) in [6, 6.07) is 4.67. The van der Waals surface area contributed by atoms with E-state index in [2.05, 4.69) is 21.1 Å². The van der Waals surface area contributed by atoms with Gasteiger partial charge in [-0.2, -0.15) is 0 Å². The van der Waals surface area contributed by atoms with Crippen LogP contribution < -0.4 is 16.0 Å². The van der Waals surface area contributed by atoms with Crippen molar-refractivity contribution in [1.82, 2.24) is 20.7 Å². The molecule has 1 fully saturated rings. The Hall–Kier alpha value is -3.36. The van der Waals surface area contributed by atoms with E-state index < -0.39 is 12.1 Å². The van der Waals surface area contributed by atoms with Crippen LogP contribution in [0.4, 0.5) is 16.3 Å². The molecule has 0 radical (unpaired) electrons. The smallest absolute Gasteiger partial charge is 0.322 e. The van der Waals surface area contributed by atoms with Crippen molar-refractivity contribution in [1.29, 1.82) is 0 Å². The molecule has 1 aromatic heterocycles. The van der Waals surface area contributed by atoms with Gasteiger partial charge in [0.15, 0.2) is 5.82 Å². The lowest BCUT2D eigenvalue weighted by molar-refractivity contribution is -0.134. The van der Waals surface area contributed by atoms with Gasteiger partial charge >= 0.3 is 6.03 Å². The number of carbonyl (C=O) groups excluding carboxylic acids is 3. The first-order valence-corrected chi connectivity index (χ1v) is 9.62. The van der Waals surface area contributed by atoms with Crippen molar-refractivity contribution in [2.24, 2.45) is 0 Å². The molecule has 4 rings (SSSR count). The number of nitrogens with one attached hydrogen (secondary N) is 3. The third kappa shape index (κ3) is 3.80. The maximum absolute atomic E-state index is 13.0. The van der Waals surface area contributed by atoms with Crippen molar-refractivity contribution in [3.63, 3.8) is 0 Å². The number of aryl methyl sites for hydroxylation is 2. The predicted octanol–water partition coefficient (Wildman–Crippen LogP) is 1.91. The number of carbonyl (C=O) groups is 3. The van der Waals surface area contributed by atoms with Gasteiger partial charge in [0.25, 0.3) is 0 Å². The Morgan fingerprint density at radius 3 is 2.76 bits per heavy atom. The van der Waals surface area contributed by atoms with E-state index in [1.54, 1.807) is 4.90 Å². The summed E-state index contributed by atoms with van der Waals surface area (Å²) in [6.45, 7) is 4.83. The summed E-state index contributed by atoms with van der Waals surface area (Å²) in [5.41, 5.74) is 3.97. The van der Waals surface area contributed by atoms with E-state index in [0.717, 1.165) is 28.1 Å². The van der Waals surface area contributed by atoms with Gasteiger partial charge in [-0.25, -0.2) is 4.79 Å². The number of rotatable bonds is 3. The first kappa shape index (κ1) is 19.0. The molecule has 0 bridgehead atoms. The van der Waals surface area contributed by atoms with Crippen molar-refractivity contribution < 1.29 is 18.9 Å². The highest BCUT2D eigenvalue weighted by atomic mass is 16.5. The second kappa shape index (κ2) is 7.57. The van der Waals surface area contributed by atoms with Crippen molar-refractivity contribution >= 4 is 29.4 Å². The van der Waals surface area contributed by atoms with Crippen LogP contribution >= 0.6 is 0 Å². The molecule has 0 saturated carbocycles. The molecule has 2 aliphatic heterocycles. The Morgan fingerprint density at radius 1 is 1.24 bits per heavy atom. The molecule has 2 aliphatic rings. The fraction of sp³-hybridized carbons (Fsp3) is 0.400. The lowest BCUT2D eigenvalue weighted by Crippen LogP contribution is -2.50. The third-order valence-corrected chi connectivity index (χ3v) is 5.38. The summed E-state index contributed by atoms with van der Waals surface area (Å²) in [5.74, 6) is 0.763. The Bertz CT molecular complexity index is 963. The number of aromatic nitrogens is 1. The molecule has 3 heterocycles. The summed E-state index contributed by atoms with van der Waals surface area (Å²) >= 11 is 0. The molecular weight excluding hydrogens is 374 g/mol. The monoisotopic (exact) mass is 397 g/mol. The van der Waals surface area contributed by atoms with Crippen LogP contribution in [0, 0.1) is 13.8 Å². The number of nitrogens with zero attached hydrogens (tertiary/aromatic N) is 2. The number of imide groups is 1. The Kier molecular flexibility index (Phi) is 4.96. The lowest BCUT2D eigenvalue weighted by atomic mass is 10.0. The van der Waals surface area contributed by atoms with Gasteiger partial charge in [-0.1, -0.05) is 23.4 Å². The number of anilines is 2. The maximum atomic E-state index is 13.0. The maximum Gasteiger partial charge on any atom is 0.322 e. The SMILES string of the molecule is Cc1cccc(C)c1Nc1noc2c1CN(C(=O)C1CCC(=O)NC(=O)N1)CC2. The zero-order valence-corrected chi connectivity index (χ0v) is 16.4. The molecule has 9 heteroatoms. The molecule has 0 aliphatic carbocycles. The van der Waals surface area contributed by atoms with Crippen LogP contribution in [0.25, 0.3) is 0 Å². The molecular formula is C20H23N5O4. The number of hydrogen-bond donors (Lipinski definition) is 3. The zero-order chi connectivity index (χ0) is 20.5. The molecule has 2 aromatic rings. The van der Waals surface area contributed by atoms with E-state index >= 15 is 0 Å². The van der Waals surface area contributed by atoms with Crippen LogP contribution in [0.15, 0.2) is 22.7 Å². The van der Waals surface area contributed by atoms with Gasteiger partial charge in [0.1, 0.15) is 11.8 Å². The van der Waals surface area contributed by atoms with Crippen molar-refractivity contribution in [2.45, 2.75) is 45.7 Å². The number of hydrogen-bond acceptors (Lipinski definition) is 6. The van der Waals surface area contributed by atoms with E-state index in [1.165, 1.54) is 0 Å². The number of para-hydroxylation sites is 1. The van der Waals surface area contributed by atoms with Gasteiger partial charge in [0, 0.05) is 25.1 Å². The fourth-order valence-electron chi connectivity index (χ4n) is 3.76. The van der Waals surface area contributed by atoms with E-state index in [1.807, 2.05) is 32.0 Å². The Balaban J connectivity index is 1.52. The van der Waals surface area contributed by atoms with Crippen LogP contribution in [0.1, 0.15) is 35.3 Å². The summed E-state index contributed by atoms with van der Waals surface area (Å²) in [4.78, 5) is 37.9.